The monoisotopic (exact) mass is 153 g/mol. The fourth-order valence-corrected chi connectivity index (χ4v) is 0.963. The van der Waals surface area contributed by atoms with E-state index < -0.39 is 0 Å². The highest BCUT2D eigenvalue weighted by Crippen LogP contribution is 2.04. The SMILES string of the molecule is C#CCNCCCCC(C)C. The molecule has 0 saturated carbocycles. The summed E-state index contributed by atoms with van der Waals surface area (Å²) >= 11 is 0. The van der Waals surface area contributed by atoms with E-state index in [0.29, 0.717) is 6.54 Å². The third-order valence-electron chi connectivity index (χ3n) is 1.61. The Hall–Kier alpha value is -0.480. The summed E-state index contributed by atoms with van der Waals surface area (Å²) < 4.78 is 0. The van der Waals surface area contributed by atoms with Crippen molar-refractivity contribution in [2.75, 3.05) is 13.1 Å². The summed E-state index contributed by atoms with van der Waals surface area (Å²) in [4.78, 5) is 0. The number of nitrogens with one attached hydrogen (secondary N) is 1. The summed E-state index contributed by atoms with van der Waals surface area (Å²) in [5, 5.41) is 3.17. The van der Waals surface area contributed by atoms with Gasteiger partial charge in [-0.15, -0.1) is 6.42 Å². The zero-order chi connectivity index (χ0) is 8.53. The Morgan fingerprint density at radius 2 is 2.09 bits per heavy atom. The van der Waals surface area contributed by atoms with Gasteiger partial charge < -0.3 is 5.32 Å². The summed E-state index contributed by atoms with van der Waals surface area (Å²) in [7, 11) is 0. The molecular weight excluding hydrogens is 134 g/mol. The molecule has 1 heteroatoms. The van der Waals surface area contributed by atoms with E-state index in [2.05, 4.69) is 25.1 Å². The van der Waals surface area contributed by atoms with Gasteiger partial charge in [-0.05, 0) is 18.9 Å². The summed E-state index contributed by atoms with van der Waals surface area (Å²) in [6.07, 6.45) is 8.97. The first-order valence-corrected chi connectivity index (χ1v) is 4.41. The van der Waals surface area contributed by atoms with E-state index in [1.165, 1.54) is 19.3 Å². The number of hydrogen-bond acceptors (Lipinski definition) is 1. The molecule has 0 rings (SSSR count). The minimum atomic E-state index is 0.710. The maximum Gasteiger partial charge on any atom is 0.0573 e. The van der Waals surface area contributed by atoms with Crippen LogP contribution in [0.1, 0.15) is 33.1 Å². The lowest BCUT2D eigenvalue weighted by molar-refractivity contribution is 0.527. The molecule has 0 aliphatic rings. The third-order valence-corrected chi connectivity index (χ3v) is 1.61. The Morgan fingerprint density at radius 1 is 1.36 bits per heavy atom. The molecule has 0 aliphatic heterocycles. The summed E-state index contributed by atoms with van der Waals surface area (Å²) in [6, 6.07) is 0. The van der Waals surface area contributed by atoms with Gasteiger partial charge in [-0.2, -0.15) is 0 Å². The van der Waals surface area contributed by atoms with Crippen molar-refractivity contribution in [2.24, 2.45) is 5.92 Å². The fourth-order valence-electron chi connectivity index (χ4n) is 0.963. The number of terminal acetylenes is 1. The summed E-state index contributed by atoms with van der Waals surface area (Å²) in [5.41, 5.74) is 0. The van der Waals surface area contributed by atoms with Crippen molar-refractivity contribution in [2.45, 2.75) is 33.1 Å². The molecule has 0 radical (unpaired) electrons. The zero-order valence-electron chi connectivity index (χ0n) is 7.69. The van der Waals surface area contributed by atoms with Crippen LogP contribution in [0.3, 0.4) is 0 Å². The van der Waals surface area contributed by atoms with Crippen LogP contribution < -0.4 is 5.32 Å². The van der Waals surface area contributed by atoms with Crippen molar-refractivity contribution < 1.29 is 0 Å². The van der Waals surface area contributed by atoms with Gasteiger partial charge in [0.2, 0.25) is 0 Å². The number of rotatable bonds is 6. The van der Waals surface area contributed by atoms with Crippen LogP contribution in [0.4, 0.5) is 0 Å². The zero-order valence-corrected chi connectivity index (χ0v) is 7.69. The van der Waals surface area contributed by atoms with E-state index in [-0.39, 0.29) is 0 Å². The average Bonchev–Trinajstić information content (AvgIpc) is 1.96. The van der Waals surface area contributed by atoms with Gasteiger partial charge in [0.1, 0.15) is 0 Å². The standard InChI is InChI=1S/C10H19N/c1-4-8-11-9-6-5-7-10(2)3/h1,10-11H,5-9H2,2-3H3. The van der Waals surface area contributed by atoms with Crippen LogP contribution in [0.25, 0.3) is 0 Å². The van der Waals surface area contributed by atoms with Gasteiger partial charge in [-0.3, -0.25) is 0 Å². The van der Waals surface area contributed by atoms with E-state index in [1.54, 1.807) is 0 Å². The van der Waals surface area contributed by atoms with Gasteiger partial charge in [-0.25, -0.2) is 0 Å². The van der Waals surface area contributed by atoms with Crippen LogP contribution in [0.2, 0.25) is 0 Å². The van der Waals surface area contributed by atoms with E-state index in [0.717, 1.165) is 12.5 Å². The molecule has 0 atom stereocenters. The van der Waals surface area contributed by atoms with E-state index in [9.17, 15) is 0 Å². The van der Waals surface area contributed by atoms with Crippen LogP contribution in [-0.4, -0.2) is 13.1 Å². The van der Waals surface area contributed by atoms with E-state index >= 15 is 0 Å². The lowest BCUT2D eigenvalue weighted by atomic mass is 10.1. The molecule has 0 aromatic heterocycles. The summed E-state index contributed by atoms with van der Waals surface area (Å²) in [5.74, 6) is 3.39. The van der Waals surface area contributed by atoms with Crippen LogP contribution in [0.5, 0.6) is 0 Å². The van der Waals surface area contributed by atoms with Crippen molar-refractivity contribution in [3.63, 3.8) is 0 Å². The van der Waals surface area contributed by atoms with Crippen molar-refractivity contribution in [3.8, 4) is 12.3 Å². The topological polar surface area (TPSA) is 12.0 Å². The molecular formula is C10H19N. The van der Waals surface area contributed by atoms with Gasteiger partial charge in [0, 0.05) is 0 Å². The van der Waals surface area contributed by atoms with E-state index in [4.69, 9.17) is 6.42 Å². The third kappa shape index (κ3) is 9.52. The van der Waals surface area contributed by atoms with Gasteiger partial charge in [0.05, 0.1) is 6.54 Å². The molecule has 1 nitrogen and oxygen atoms in total. The molecule has 0 aromatic rings. The molecule has 0 fully saturated rings. The molecule has 0 amide bonds. The van der Waals surface area contributed by atoms with Gasteiger partial charge in [0.15, 0.2) is 0 Å². The molecule has 64 valence electrons. The molecule has 11 heavy (non-hydrogen) atoms. The molecule has 0 aliphatic carbocycles. The summed E-state index contributed by atoms with van der Waals surface area (Å²) in [6.45, 7) is 6.29. The molecule has 0 aromatic carbocycles. The second-order valence-corrected chi connectivity index (χ2v) is 3.27. The number of hydrogen-bond donors (Lipinski definition) is 1. The molecule has 0 bridgehead atoms. The molecule has 1 N–H and O–H groups in total. The molecule has 0 heterocycles. The van der Waals surface area contributed by atoms with Crippen LogP contribution in [0.15, 0.2) is 0 Å². The minimum Gasteiger partial charge on any atom is -0.306 e. The van der Waals surface area contributed by atoms with Gasteiger partial charge >= 0.3 is 0 Å². The van der Waals surface area contributed by atoms with Crippen LogP contribution in [0, 0.1) is 18.3 Å². The van der Waals surface area contributed by atoms with E-state index in [1.807, 2.05) is 0 Å². The Morgan fingerprint density at radius 3 is 2.64 bits per heavy atom. The van der Waals surface area contributed by atoms with Crippen LogP contribution in [-0.2, 0) is 0 Å². The molecule has 0 unspecified atom stereocenters. The number of unbranched alkanes of at least 4 members (excludes halogenated alkanes) is 1. The largest absolute Gasteiger partial charge is 0.306 e. The second-order valence-electron chi connectivity index (χ2n) is 3.27. The first-order chi connectivity index (χ1) is 5.27. The van der Waals surface area contributed by atoms with Crippen molar-refractivity contribution >= 4 is 0 Å². The predicted octanol–water partition coefficient (Wildman–Crippen LogP) is 2.04. The van der Waals surface area contributed by atoms with Gasteiger partial charge in [-0.1, -0.05) is 32.6 Å². The first kappa shape index (κ1) is 10.5. The molecule has 0 spiro atoms. The van der Waals surface area contributed by atoms with Gasteiger partial charge in [0.25, 0.3) is 0 Å². The molecule has 0 saturated heterocycles. The first-order valence-electron chi connectivity index (χ1n) is 4.41. The Kier molecular flexibility index (Phi) is 7.29. The van der Waals surface area contributed by atoms with Crippen molar-refractivity contribution in [3.05, 3.63) is 0 Å². The van der Waals surface area contributed by atoms with Crippen LogP contribution >= 0.6 is 0 Å². The average molecular weight is 153 g/mol. The smallest absolute Gasteiger partial charge is 0.0573 e. The quantitative estimate of drug-likeness (QED) is 0.455. The highest BCUT2D eigenvalue weighted by molar-refractivity contribution is 4.86. The second kappa shape index (κ2) is 7.63. The van der Waals surface area contributed by atoms with Crippen molar-refractivity contribution in [1.82, 2.24) is 5.32 Å². The van der Waals surface area contributed by atoms with Crippen molar-refractivity contribution in [1.29, 1.82) is 0 Å². The normalized spacial score (nSPS) is 10.0. The highest BCUT2D eigenvalue weighted by atomic mass is 14.8. The Balaban J connectivity index is 2.86. The fraction of sp³-hybridized carbons (Fsp3) is 0.800. The maximum absolute atomic E-state index is 5.08. The lowest BCUT2D eigenvalue weighted by Gasteiger charge is -2.03. The predicted molar refractivity (Wildman–Crippen MR) is 50.4 cm³/mol. The Labute approximate surface area is 70.6 Å². The lowest BCUT2D eigenvalue weighted by Crippen LogP contribution is -2.15. The highest BCUT2D eigenvalue weighted by Gasteiger charge is 1.92. The Bertz CT molecular complexity index is 111. The minimum absolute atomic E-state index is 0.710. The maximum atomic E-state index is 5.08.